The number of amides is 1. The van der Waals surface area contributed by atoms with E-state index >= 15 is 0 Å². The van der Waals surface area contributed by atoms with Crippen LogP contribution in [0, 0.1) is 13.8 Å². The van der Waals surface area contributed by atoms with E-state index in [1.165, 1.54) is 12.8 Å². The number of aryl methyl sites for hydroxylation is 1. The zero-order valence-electron chi connectivity index (χ0n) is 16.0. The minimum atomic E-state index is -0.510. The van der Waals surface area contributed by atoms with E-state index in [1.54, 1.807) is 11.9 Å². The first-order valence-electron chi connectivity index (χ1n) is 9.39. The molecule has 1 aromatic rings. The third kappa shape index (κ3) is 4.25. The van der Waals surface area contributed by atoms with Gasteiger partial charge in [0.05, 0.1) is 11.7 Å². The summed E-state index contributed by atoms with van der Waals surface area (Å²) in [5.41, 5.74) is 3.00. The summed E-state index contributed by atoms with van der Waals surface area (Å²) >= 11 is 0. The maximum Gasteiger partial charge on any atom is 0.255 e. The van der Waals surface area contributed by atoms with E-state index < -0.39 is 6.10 Å². The fourth-order valence-electron chi connectivity index (χ4n) is 3.88. The van der Waals surface area contributed by atoms with Crippen LogP contribution < -0.4 is 0 Å². The lowest BCUT2D eigenvalue weighted by atomic mass is 10.2. The smallest absolute Gasteiger partial charge is 0.255 e. The van der Waals surface area contributed by atoms with Gasteiger partial charge in [0.25, 0.3) is 5.91 Å². The summed E-state index contributed by atoms with van der Waals surface area (Å²) in [4.78, 5) is 19.1. The van der Waals surface area contributed by atoms with E-state index in [2.05, 4.69) is 28.3 Å². The number of hydrogen-bond donors (Lipinski definition) is 1. The number of aliphatic hydroxyl groups is 1. The first-order chi connectivity index (χ1) is 11.9. The average Bonchev–Trinajstić information content (AvgIpc) is 3.34. The second kappa shape index (κ2) is 7.48. The van der Waals surface area contributed by atoms with E-state index in [0.29, 0.717) is 19.1 Å². The van der Waals surface area contributed by atoms with Crippen molar-refractivity contribution in [2.24, 2.45) is 0 Å². The van der Waals surface area contributed by atoms with E-state index in [-0.39, 0.29) is 5.91 Å². The van der Waals surface area contributed by atoms with Crippen LogP contribution in [0.5, 0.6) is 0 Å². The van der Waals surface area contributed by atoms with E-state index in [0.717, 1.165) is 43.1 Å². The molecule has 2 heterocycles. The molecule has 0 aromatic carbocycles. The monoisotopic (exact) mass is 348 g/mol. The molecule has 1 amide bonds. The van der Waals surface area contributed by atoms with Crippen LogP contribution in [0.4, 0.5) is 0 Å². The molecule has 1 saturated carbocycles. The van der Waals surface area contributed by atoms with Crippen molar-refractivity contribution >= 4 is 5.91 Å². The standard InChI is InChI=1S/C19H32N4O2/c1-14-11-18(15(2)23(14)16-5-6-16)19(25)21(4)12-17(24)13-22-9-7-20(3)8-10-22/h11,16-17,24H,5-10,12-13H2,1-4H3. The quantitative estimate of drug-likeness (QED) is 0.837. The first kappa shape index (κ1) is 18.4. The van der Waals surface area contributed by atoms with Gasteiger partial charge in [0, 0.05) is 63.7 Å². The maximum atomic E-state index is 12.8. The highest BCUT2D eigenvalue weighted by atomic mass is 16.3. The number of aliphatic hydroxyl groups excluding tert-OH is 1. The number of aromatic nitrogens is 1. The van der Waals surface area contributed by atoms with E-state index in [1.807, 2.05) is 13.0 Å². The molecule has 140 valence electrons. The van der Waals surface area contributed by atoms with Crippen molar-refractivity contribution in [1.29, 1.82) is 0 Å². The SMILES string of the molecule is Cc1cc(C(=O)N(C)CC(O)CN2CCN(C)CC2)c(C)n1C1CC1. The molecule has 1 aromatic heterocycles. The average molecular weight is 348 g/mol. The molecule has 1 saturated heterocycles. The van der Waals surface area contributed by atoms with Crippen molar-refractivity contribution < 1.29 is 9.90 Å². The number of carbonyl (C=O) groups excluding carboxylic acids is 1. The molecule has 1 aliphatic heterocycles. The lowest BCUT2D eigenvalue weighted by molar-refractivity contribution is 0.0501. The van der Waals surface area contributed by atoms with Crippen molar-refractivity contribution in [1.82, 2.24) is 19.3 Å². The number of likely N-dealkylation sites (N-methyl/N-ethyl adjacent to an activating group) is 2. The molecule has 1 N–H and O–H groups in total. The highest BCUT2D eigenvalue weighted by Gasteiger charge is 2.29. The van der Waals surface area contributed by atoms with Crippen molar-refractivity contribution in [3.8, 4) is 0 Å². The topological polar surface area (TPSA) is 52.0 Å². The molecule has 3 rings (SSSR count). The molecule has 6 nitrogen and oxygen atoms in total. The fourth-order valence-corrected chi connectivity index (χ4v) is 3.88. The Morgan fingerprint density at radius 3 is 2.52 bits per heavy atom. The van der Waals surface area contributed by atoms with Gasteiger partial charge >= 0.3 is 0 Å². The fraction of sp³-hybridized carbons (Fsp3) is 0.737. The molecule has 2 aliphatic rings. The molecule has 25 heavy (non-hydrogen) atoms. The number of rotatable bonds is 6. The summed E-state index contributed by atoms with van der Waals surface area (Å²) in [6.07, 6.45) is 1.91. The molecule has 0 radical (unpaired) electrons. The van der Waals surface area contributed by atoms with Crippen molar-refractivity contribution in [2.75, 3.05) is 53.4 Å². The van der Waals surface area contributed by atoms with Gasteiger partial charge in [0.1, 0.15) is 0 Å². The molecular weight excluding hydrogens is 316 g/mol. The molecule has 2 fully saturated rings. The Morgan fingerprint density at radius 2 is 1.92 bits per heavy atom. The van der Waals surface area contributed by atoms with Gasteiger partial charge in [-0.25, -0.2) is 0 Å². The number of hydrogen-bond acceptors (Lipinski definition) is 4. The summed E-state index contributed by atoms with van der Waals surface area (Å²) in [5.74, 6) is 0.0115. The first-order valence-corrected chi connectivity index (χ1v) is 9.39. The number of β-amino-alcohol motifs (C(OH)–C–C–N with tert-alkyl or cyclic N) is 1. The van der Waals surface area contributed by atoms with Gasteiger partial charge in [-0.3, -0.25) is 9.69 Å². The van der Waals surface area contributed by atoms with Gasteiger partial charge in [0.15, 0.2) is 0 Å². The molecule has 1 aliphatic carbocycles. The predicted molar refractivity (Wildman–Crippen MR) is 99.1 cm³/mol. The Balaban J connectivity index is 1.56. The molecule has 0 bridgehead atoms. The molecular formula is C19H32N4O2. The van der Waals surface area contributed by atoms with Gasteiger partial charge in [-0.2, -0.15) is 0 Å². The molecule has 1 atom stereocenters. The van der Waals surface area contributed by atoms with E-state index in [9.17, 15) is 9.90 Å². The van der Waals surface area contributed by atoms with Crippen LogP contribution in [-0.4, -0.2) is 89.7 Å². The van der Waals surface area contributed by atoms with Crippen molar-refractivity contribution in [2.45, 2.75) is 38.8 Å². The Kier molecular flexibility index (Phi) is 5.51. The lowest BCUT2D eigenvalue weighted by Gasteiger charge is -2.34. The third-order valence-electron chi connectivity index (χ3n) is 5.52. The summed E-state index contributed by atoms with van der Waals surface area (Å²) in [6, 6.07) is 2.58. The molecule has 0 spiro atoms. The summed E-state index contributed by atoms with van der Waals surface area (Å²) < 4.78 is 2.29. The summed E-state index contributed by atoms with van der Waals surface area (Å²) in [5, 5.41) is 10.4. The number of piperazine rings is 1. The molecule has 6 heteroatoms. The van der Waals surface area contributed by atoms with Gasteiger partial charge < -0.3 is 19.5 Å². The minimum absolute atomic E-state index is 0.0115. The lowest BCUT2D eigenvalue weighted by Crippen LogP contribution is -2.49. The van der Waals surface area contributed by atoms with E-state index in [4.69, 9.17) is 0 Å². The zero-order chi connectivity index (χ0) is 18.1. The van der Waals surface area contributed by atoms with Crippen LogP contribution in [0.15, 0.2) is 6.07 Å². The number of nitrogens with zero attached hydrogens (tertiary/aromatic N) is 4. The van der Waals surface area contributed by atoms with Crippen LogP contribution in [0.2, 0.25) is 0 Å². The second-order valence-corrected chi connectivity index (χ2v) is 7.83. The van der Waals surface area contributed by atoms with Crippen molar-refractivity contribution in [3.63, 3.8) is 0 Å². The zero-order valence-corrected chi connectivity index (χ0v) is 16.0. The van der Waals surface area contributed by atoms with Crippen molar-refractivity contribution in [3.05, 3.63) is 23.0 Å². The maximum absolute atomic E-state index is 12.8. The summed E-state index contributed by atoms with van der Waals surface area (Å²) in [6.45, 7) is 9.15. The second-order valence-electron chi connectivity index (χ2n) is 7.83. The summed E-state index contributed by atoms with van der Waals surface area (Å²) in [7, 11) is 3.91. The van der Waals surface area contributed by atoms with Crippen LogP contribution >= 0.6 is 0 Å². The minimum Gasteiger partial charge on any atom is -0.390 e. The molecule has 1 unspecified atom stereocenters. The third-order valence-corrected chi connectivity index (χ3v) is 5.52. The largest absolute Gasteiger partial charge is 0.390 e. The van der Waals surface area contributed by atoms with Gasteiger partial charge in [-0.05, 0) is 39.8 Å². The Morgan fingerprint density at radius 1 is 1.28 bits per heavy atom. The highest BCUT2D eigenvalue weighted by molar-refractivity contribution is 5.95. The van der Waals surface area contributed by atoms with Crippen LogP contribution in [0.1, 0.15) is 40.6 Å². The van der Waals surface area contributed by atoms with Crippen LogP contribution in [0.3, 0.4) is 0 Å². The predicted octanol–water partition coefficient (Wildman–Crippen LogP) is 1.12. The van der Waals surface area contributed by atoms with Gasteiger partial charge in [0.2, 0.25) is 0 Å². The number of carbonyl (C=O) groups is 1. The van der Waals surface area contributed by atoms with Gasteiger partial charge in [-0.1, -0.05) is 0 Å². The van der Waals surface area contributed by atoms with Crippen LogP contribution in [0.25, 0.3) is 0 Å². The Hall–Kier alpha value is -1.37. The Labute approximate surface area is 151 Å². The van der Waals surface area contributed by atoms with Crippen LogP contribution in [-0.2, 0) is 0 Å². The van der Waals surface area contributed by atoms with Gasteiger partial charge in [-0.15, -0.1) is 0 Å². The Bertz CT molecular complexity index is 615. The highest BCUT2D eigenvalue weighted by Crippen LogP contribution is 2.38. The normalized spacial score (nSPS) is 20.7.